The van der Waals surface area contributed by atoms with Gasteiger partial charge >= 0.3 is 0 Å². The molecule has 2 saturated heterocycles. The molecule has 2 aliphatic rings. The molecule has 2 amide bonds. The monoisotopic (exact) mass is 334 g/mol. The number of likely N-dealkylation sites (tertiary alicyclic amines) is 2. The smallest absolute Gasteiger partial charge is 0.227 e. The third kappa shape index (κ3) is 3.94. The van der Waals surface area contributed by atoms with E-state index in [-0.39, 0.29) is 17.7 Å². The Morgan fingerprint density at radius 3 is 2.75 bits per heavy atom. The number of aromatic nitrogens is 2. The summed E-state index contributed by atoms with van der Waals surface area (Å²) in [5.41, 5.74) is 0. The second-order valence-corrected chi connectivity index (χ2v) is 7.41. The van der Waals surface area contributed by atoms with E-state index >= 15 is 0 Å². The third-order valence-corrected chi connectivity index (χ3v) is 4.95. The highest BCUT2D eigenvalue weighted by atomic mass is 16.5. The van der Waals surface area contributed by atoms with Gasteiger partial charge in [0.15, 0.2) is 5.82 Å². The molecule has 1 aromatic rings. The van der Waals surface area contributed by atoms with Gasteiger partial charge in [-0.25, -0.2) is 0 Å². The second-order valence-electron chi connectivity index (χ2n) is 7.41. The predicted molar refractivity (Wildman–Crippen MR) is 86.8 cm³/mol. The molecule has 132 valence electrons. The fraction of sp³-hybridized carbons (Fsp3) is 0.765. The molecule has 0 radical (unpaired) electrons. The molecule has 2 fully saturated rings. The summed E-state index contributed by atoms with van der Waals surface area (Å²) in [4.78, 5) is 32.6. The summed E-state index contributed by atoms with van der Waals surface area (Å²) < 4.78 is 4.77. The van der Waals surface area contributed by atoms with Crippen LogP contribution in [-0.2, 0) is 16.0 Å². The van der Waals surface area contributed by atoms with Crippen LogP contribution in [0.15, 0.2) is 10.9 Å². The first-order chi connectivity index (χ1) is 11.5. The van der Waals surface area contributed by atoms with Crippen molar-refractivity contribution in [3.63, 3.8) is 0 Å². The lowest BCUT2D eigenvalue weighted by atomic mass is 9.92. The van der Waals surface area contributed by atoms with E-state index < -0.39 is 0 Å². The van der Waals surface area contributed by atoms with Gasteiger partial charge in [-0.2, -0.15) is 4.98 Å². The highest BCUT2D eigenvalue weighted by Gasteiger charge is 2.37. The minimum Gasteiger partial charge on any atom is -0.343 e. The molecule has 1 atom stereocenters. The molecule has 1 aromatic heterocycles. The van der Waals surface area contributed by atoms with E-state index in [0.29, 0.717) is 24.8 Å². The van der Waals surface area contributed by atoms with Crippen molar-refractivity contribution in [2.45, 2.75) is 39.5 Å². The lowest BCUT2D eigenvalue weighted by Gasteiger charge is -2.33. The van der Waals surface area contributed by atoms with Crippen molar-refractivity contribution < 1.29 is 14.1 Å². The van der Waals surface area contributed by atoms with Gasteiger partial charge in [-0.15, -0.1) is 0 Å². The topological polar surface area (TPSA) is 79.5 Å². The number of hydrogen-bond donors (Lipinski definition) is 0. The molecular weight excluding hydrogens is 308 g/mol. The van der Waals surface area contributed by atoms with Crippen LogP contribution in [-0.4, -0.2) is 57.9 Å². The number of carbonyl (C=O) groups excluding carboxylic acids is 2. The van der Waals surface area contributed by atoms with Gasteiger partial charge in [-0.1, -0.05) is 19.0 Å². The average molecular weight is 334 g/mol. The quantitative estimate of drug-likeness (QED) is 0.812. The number of nitrogens with zero attached hydrogens (tertiary/aromatic N) is 4. The van der Waals surface area contributed by atoms with E-state index in [1.807, 2.05) is 9.80 Å². The summed E-state index contributed by atoms with van der Waals surface area (Å²) in [7, 11) is 0. The van der Waals surface area contributed by atoms with Gasteiger partial charge in [0.05, 0.1) is 5.92 Å². The van der Waals surface area contributed by atoms with E-state index in [1.54, 1.807) is 0 Å². The number of piperidine rings is 1. The Morgan fingerprint density at radius 1 is 1.38 bits per heavy atom. The van der Waals surface area contributed by atoms with Crippen LogP contribution >= 0.6 is 0 Å². The standard InChI is InChI=1S/C17H26N4O3/c1-12(2)9-21-10-14(8-16(21)22)17(23)20-5-3-13(4-6-20)7-15-18-11-24-19-15/h11-14H,3-10H2,1-2H3. The van der Waals surface area contributed by atoms with Crippen molar-refractivity contribution in [3.05, 3.63) is 12.2 Å². The molecule has 24 heavy (non-hydrogen) atoms. The van der Waals surface area contributed by atoms with E-state index in [1.165, 1.54) is 6.39 Å². The van der Waals surface area contributed by atoms with Crippen LogP contribution in [0.1, 0.15) is 38.9 Å². The van der Waals surface area contributed by atoms with Crippen LogP contribution < -0.4 is 0 Å². The zero-order valence-electron chi connectivity index (χ0n) is 14.5. The lowest BCUT2D eigenvalue weighted by molar-refractivity contribution is -0.137. The van der Waals surface area contributed by atoms with Crippen LogP contribution in [0.2, 0.25) is 0 Å². The Hall–Kier alpha value is -1.92. The SMILES string of the molecule is CC(C)CN1CC(C(=O)N2CCC(Cc3ncon3)CC2)CC1=O. The van der Waals surface area contributed by atoms with E-state index in [9.17, 15) is 9.59 Å². The molecule has 0 spiro atoms. The molecule has 3 rings (SSSR count). The fourth-order valence-corrected chi connectivity index (χ4v) is 3.71. The molecule has 0 aromatic carbocycles. The fourth-order valence-electron chi connectivity index (χ4n) is 3.71. The Bertz CT molecular complexity index is 564. The van der Waals surface area contributed by atoms with Crippen molar-refractivity contribution >= 4 is 11.8 Å². The Labute approximate surface area is 142 Å². The predicted octanol–water partition coefficient (Wildman–Crippen LogP) is 1.36. The summed E-state index contributed by atoms with van der Waals surface area (Å²) >= 11 is 0. The number of carbonyl (C=O) groups is 2. The normalized spacial score (nSPS) is 22.6. The summed E-state index contributed by atoms with van der Waals surface area (Å²) in [6.07, 6.45) is 4.44. The zero-order valence-corrected chi connectivity index (χ0v) is 14.5. The van der Waals surface area contributed by atoms with Crippen molar-refractivity contribution in [3.8, 4) is 0 Å². The first-order valence-corrected chi connectivity index (χ1v) is 8.84. The van der Waals surface area contributed by atoms with Crippen molar-refractivity contribution in [2.75, 3.05) is 26.2 Å². The molecule has 1 unspecified atom stereocenters. The van der Waals surface area contributed by atoms with E-state index in [4.69, 9.17) is 4.52 Å². The highest BCUT2D eigenvalue weighted by Crippen LogP contribution is 2.25. The van der Waals surface area contributed by atoms with E-state index in [0.717, 1.165) is 44.7 Å². The molecule has 3 heterocycles. The summed E-state index contributed by atoms with van der Waals surface area (Å²) in [5, 5.41) is 3.86. The maximum atomic E-state index is 12.7. The van der Waals surface area contributed by atoms with Crippen molar-refractivity contribution in [2.24, 2.45) is 17.8 Å². The van der Waals surface area contributed by atoms with Crippen LogP contribution in [0.4, 0.5) is 0 Å². The third-order valence-electron chi connectivity index (χ3n) is 4.95. The largest absolute Gasteiger partial charge is 0.343 e. The Kier molecular flexibility index (Phi) is 5.16. The molecular formula is C17H26N4O3. The number of amides is 2. The van der Waals surface area contributed by atoms with Crippen LogP contribution in [0, 0.1) is 17.8 Å². The molecule has 2 aliphatic heterocycles. The minimum absolute atomic E-state index is 0.119. The van der Waals surface area contributed by atoms with Crippen molar-refractivity contribution in [1.29, 1.82) is 0 Å². The van der Waals surface area contributed by atoms with E-state index in [2.05, 4.69) is 24.0 Å². The molecule has 7 nitrogen and oxygen atoms in total. The van der Waals surface area contributed by atoms with Gasteiger partial charge in [0, 0.05) is 39.0 Å². The number of rotatable bonds is 5. The second kappa shape index (κ2) is 7.32. The summed E-state index contributed by atoms with van der Waals surface area (Å²) in [6.45, 7) is 7.04. The molecule has 0 saturated carbocycles. The van der Waals surface area contributed by atoms with Gasteiger partial charge < -0.3 is 14.3 Å². The Morgan fingerprint density at radius 2 is 2.12 bits per heavy atom. The minimum atomic E-state index is -0.162. The van der Waals surface area contributed by atoms with Gasteiger partial charge in [-0.3, -0.25) is 9.59 Å². The summed E-state index contributed by atoms with van der Waals surface area (Å²) in [6, 6.07) is 0. The molecule has 0 bridgehead atoms. The maximum absolute atomic E-state index is 12.7. The summed E-state index contributed by atoms with van der Waals surface area (Å²) in [5.74, 6) is 1.77. The average Bonchev–Trinajstić information content (AvgIpc) is 3.17. The van der Waals surface area contributed by atoms with Gasteiger partial charge in [0.1, 0.15) is 0 Å². The molecule has 0 N–H and O–H groups in total. The molecule has 7 heteroatoms. The zero-order chi connectivity index (χ0) is 17.1. The first-order valence-electron chi connectivity index (χ1n) is 8.84. The lowest BCUT2D eigenvalue weighted by Crippen LogP contribution is -2.43. The van der Waals surface area contributed by atoms with Gasteiger partial charge in [-0.05, 0) is 24.7 Å². The highest BCUT2D eigenvalue weighted by molar-refractivity contribution is 5.89. The first kappa shape index (κ1) is 16.9. The van der Waals surface area contributed by atoms with Crippen molar-refractivity contribution in [1.82, 2.24) is 19.9 Å². The van der Waals surface area contributed by atoms with Gasteiger partial charge in [0.25, 0.3) is 0 Å². The molecule has 0 aliphatic carbocycles. The van der Waals surface area contributed by atoms with Crippen LogP contribution in [0.5, 0.6) is 0 Å². The van der Waals surface area contributed by atoms with Crippen LogP contribution in [0.3, 0.4) is 0 Å². The Balaban J connectivity index is 1.48. The van der Waals surface area contributed by atoms with Gasteiger partial charge in [0.2, 0.25) is 18.2 Å². The van der Waals surface area contributed by atoms with Crippen LogP contribution in [0.25, 0.3) is 0 Å². The maximum Gasteiger partial charge on any atom is 0.227 e. The number of hydrogen-bond acceptors (Lipinski definition) is 5.